The number of pyridine rings is 1. The van der Waals surface area contributed by atoms with E-state index in [1.54, 1.807) is 0 Å². The van der Waals surface area contributed by atoms with Gasteiger partial charge in [-0.15, -0.1) is 0 Å². The van der Waals surface area contributed by atoms with E-state index in [0.717, 1.165) is 0 Å². The second kappa shape index (κ2) is 4.75. The minimum absolute atomic E-state index is 1.29. The molecule has 1 heterocycles. The molecule has 2 aromatic rings. The first-order valence-corrected chi connectivity index (χ1v) is 5.12. The Hall–Kier alpha value is -1.37. The highest BCUT2D eigenvalue weighted by Crippen LogP contribution is 2.10. The number of aryl methyl sites for hydroxylation is 2. The molecule has 0 aliphatic heterocycles. The summed E-state index contributed by atoms with van der Waals surface area (Å²) in [7, 11) is 2.07. The topological polar surface area (TPSA) is 3.88 Å². The van der Waals surface area contributed by atoms with E-state index >= 15 is 0 Å². The Morgan fingerprint density at radius 3 is 2.50 bits per heavy atom. The van der Waals surface area contributed by atoms with Crippen LogP contribution in [-0.4, -0.2) is 0 Å². The Balaban J connectivity index is 0.000000461. The molecule has 0 aliphatic rings. The van der Waals surface area contributed by atoms with Crippen LogP contribution in [0, 0.1) is 6.92 Å². The van der Waals surface area contributed by atoms with E-state index in [-0.39, 0.29) is 0 Å². The Labute approximate surface area is 86.0 Å². The van der Waals surface area contributed by atoms with Gasteiger partial charge in [0, 0.05) is 17.5 Å². The second-order valence-electron chi connectivity index (χ2n) is 3.18. The van der Waals surface area contributed by atoms with Crippen LogP contribution in [0.25, 0.3) is 10.9 Å². The first-order chi connectivity index (χ1) is 6.77. The fourth-order valence-corrected chi connectivity index (χ4v) is 1.46. The van der Waals surface area contributed by atoms with Gasteiger partial charge in [-0.2, -0.15) is 0 Å². The standard InChI is InChI=1S/C11H12N.C2H6/c1-9-5-6-10-4-3-7-12(2)11(10)8-9;1-2/h3-8H,1-2H3;1-2H3/q+1;. The van der Waals surface area contributed by atoms with Crippen LogP contribution in [0.2, 0.25) is 0 Å². The van der Waals surface area contributed by atoms with Gasteiger partial charge in [0.05, 0.1) is 0 Å². The molecule has 0 aliphatic carbocycles. The fraction of sp³-hybridized carbons (Fsp3) is 0.308. The molecule has 0 spiro atoms. The lowest BCUT2D eigenvalue weighted by Gasteiger charge is -1.96. The zero-order valence-electron chi connectivity index (χ0n) is 9.41. The Morgan fingerprint density at radius 1 is 1.07 bits per heavy atom. The lowest BCUT2D eigenvalue weighted by atomic mass is 10.1. The minimum Gasteiger partial charge on any atom is -0.201 e. The van der Waals surface area contributed by atoms with E-state index in [9.17, 15) is 0 Å². The second-order valence-corrected chi connectivity index (χ2v) is 3.18. The van der Waals surface area contributed by atoms with Crippen LogP contribution in [0.15, 0.2) is 36.5 Å². The molecule has 0 saturated heterocycles. The zero-order chi connectivity index (χ0) is 10.6. The van der Waals surface area contributed by atoms with Gasteiger partial charge in [-0.05, 0) is 24.6 Å². The number of benzene rings is 1. The maximum absolute atomic E-state index is 2.20. The number of fused-ring (bicyclic) bond motifs is 1. The summed E-state index contributed by atoms with van der Waals surface area (Å²) in [5, 5.41) is 1.30. The molecule has 0 atom stereocenters. The summed E-state index contributed by atoms with van der Waals surface area (Å²) in [6.07, 6.45) is 2.07. The molecule has 1 heteroatoms. The van der Waals surface area contributed by atoms with Crippen molar-refractivity contribution in [3.05, 3.63) is 42.1 Å². The number of hydrogen-bond donors (Lipinski definition) is 0. The summed E-state index contributed by atoms with van der Waals surface area (Å²) in [5.41, 5.74) is 2.60. The molecule has 0 saturated carbocycles. The molecule has 0 bridgehead atoms. The van der Waals surface area contributed by atoms with Crippen molar-refractivity contribution in [2.24, 2.45) is 7.05 Å². The lowest BCUT2D eigenvalue weighted by Crippen LogP contribution is -2.27. The summed E-state index contributed by atoms with van der Waals surface area (Å²) >= 11 is 0. The maximum Gasteiger partial charge on any atom is 0.212 e. The van der Waals surface area contributed by atoms with Gasteiger partial charge in [-0.3, -0.25) is 0 Å². The number of hydrogen-bond acceptors (Lipinski definition) is 0. The van der Waals surface area contributed by atoms with Crippen molar-refractivity contribution in [3.8, 4) is 0 Å². The van der Waals surface area contributed by atoms with Crippen molar-refractivity contribution in [1.82, 2.24) is 0 Å². The molecule has 0 unspecified atom stereocenters. The van der Waals surface area contributed by atoms with E-state index < -0.39 is 0 Å². The molecular formula is C13H18N+. The van der Waals surface area contributed by atoms with Crippen molar-refractivity contribution in [2.45, 2.75) is 20.8 Å². The van der Waals surface area contributed by atoms with Crippen molar-refractivity contribution >= 4 is 10.9 Å². The van der Waals surface area contributed by atoms with Gasteiger partial charge in [-0.25, -0.2) is 4.57 Å². The molecule has 2 rings (SSSR count). The van der Waals surface area contributed by atoms with Gasteiger partial charge < -0.3 is 0 Å². The van der Waals surface area contributed by atoms with Gasteiger partial charge in [0.25, 0.3) is 0 Å². The third kappa shape index (κ3) is 2.11. The highest BCUT2D eigenvalue weighted by Gasteiger charge is 2.01. The number of aromatic nitrogens is 1. The molecule has 0 radical (unpaired) electrons. The molecule has 1 nitrogen and oxygen atoms in total. The quantitative estimate of drug-likeness (QED) is 0.560. The van der Waals surface area contributed by atoms with E-state index in [1.165, 1.54) is 16.5 Å². The smallest absolute Gasteiger partial charge is 0.201 e. The van der Waals surface area contributed by atoms with Crippen LogP contribution >= 0.6 is 0 Å². The predicted molar refractivity (Wildman–Crippen MR) is 61.2 cm³/mol. The van der Waals surface area contributed by atoms with Crippen LogP contribution < -0.4 is 4.57 Å². The molecule has 1 aromatic heterocycles. The van der Waals surface area contributed by atoms with Crippen molar-refractivity contribution in [3.63, 3.8) is 0 Å². The van der Waals surface area contributed by atoms with E-state index in [2.05, 4.69) is 55.1 Å². The maximum atomic E-state index is 2.20. The summed E-state index contributed by atoms with van der Waals surface area (Å²) in [6.45, 7) is 6.12. The molecule has 0 amide bonds. The average molecular weight is 188 g/mol. The molecule has 74 valence electrons. The summed E-state index contributed by atoms with van der Waals surface area (Å²) in [6, 6.07) is 10.7. The normalized spacial score (nSPS) is 9.43. The van der Waals surface area contributed by atoms with Crippen LogP contribution in [0.5, 0.6) is 0 Å². The highest BCUT2D eigenvalue weighted by molar-refractivity contribution is 5.75. The average Bonchev–Trinajstić information content (AvgIpc) is 2.22. The predicted octanol–water partition coefficient (Wildman–Crippen LogP) is 3.00. The van der Waals surface area contributed by atoms with Gasteiger partial charge >= 0.3 is 0 Å². The minimum atomic E-state index is 1.29. The van der Waals surface area contributed by atoms with Crippen molar-refractivity contribution in [1.29, 1.82) is 0 Å². The SMILES string of the molecule is CC.Cc1ccc2ccc[n+](C)c2c1. The monoisotopic (exact) mass is 188 g/mol. The fourth-order valence-electron chi connectivity index (χ4n) is 1.46. The van der Waals surface area contributed by atoms with Crippen molar-refractivity contribution < 1.29 is 4.57 Å². The Morgan fingerprint density at radius 2 is 1.79 bits per heavy atom. The van der Waals surface area contributed by atoms with Crippen LogP contribution in [0.1, 0.15) is 19.4 Å². The van der Waals surface area contributed by atoms with Gasteiger partial charge in [-0.1, -0.05) is 19.9 Å². The molecule has 0 N–H and O–H groups in total. The summed E-state index contributed by atoms with van der Waals surface area (Å²) in [4.78, 5) is 0. The lowest BCUT2D eigenvalue weighted by molar-refractivity contribution is -0.644. The Kier molecular flexibility index (Phi) is 3.63. The van der Waals surface area contributed by atoms with E-state index in [1.807, 2.05) is 13.8 Å². The van der Waals surface area contributed by atoms with Gasteiger partial charge in [0.15, 0.2) is 6.20 Å². The molecule has 14 heavy (non-hydrogen) atoms. The first kappa shape index (κ1) is 10.7. The third-order valence-electron chi connectivity index (χ3n) is 2.15. The highest BCUT2D eigenvalue weighted by atomic mass is 14.9. The van der Waals surface area contributed by atoms with Gasteiger partial charge in [0.1, 0.15) is 7.05 Å². The Bertz CT molecular complexity index is 419. The summed E-state index contributed by atoms with van der Waals surface area (Å²) < 4.78 is 2.14. The third-order valence-corrected chi connectivity index (χ3v) is 2.15. The molecule has 1 aromatic carbocycles. The number of rotatable bonds is 0. The van der Waals surface area contributed by atoms with Crippen LogP contribution in [0.4, 0.5) is 0 Å². The first-order valence-electron chi connectivity index (χ1n) is 5.12. The zero-order valence-corrected chi connectivity index (χ0v) is 9.41. The van der Waals surface area contributed by atoms with E-state index in [4.69, 9.17) is 0 Å². The summed E-state index contributed by atoms with van der Waals surface area (Å²) in [5.74, 6) is 0. The van der Waals surface area contributed by atoms with E-state index in [0.29, 0.717) is 0 Å². The largest absolute Gasteiger partial charge is 0.212 e. The molecular weight excluding hydrogens is 170 g/mol. The van der Waals surface area contributed by atoms with Gasteiger partial charge in [0.2, 0.25) is 5.52 Å². The number of nitrogens with zero attached hydrogens (tertiary/aromatic N) is 1. The van der Waals surface area contributed by atoms with Crippen molar-refractivity contribution in [2.75, 3.05) is 0 Å². The van der Waals surface area contributed by atoms with Crippen LogP contribution in [0.3, 0.4) is 0 Å². The van der Waals surface area contributed by atoms with Crippen LogP contribution in [-0.2, 0) is 7.05 Å². The molecule has 0 fully saturated rings.